The molecule has 0 unspecified atom stereocenters. The molecule has 6 heteroatoms. The molecule has 0 radical (unpaired) electrons. The fraction of sp³-hybridized carbons (Fsp3) is 0. The van der Waals surface area contributed by atoms with Crippen molar-refractivity contribution in [3.63, 3.8) is 0 Å². The lowest BCUT2D eigenvalue weighted by Gasteiger charge is -2.07. The molecule has 0 aliphatic carbocycles. The van der Waals surface area contributed by atoms with Gasteiger partial charge in [-0.1, -0.05) is 22.0 Å². The molecule has 3 N–H and O–H groups in total. The quantitative estimate of drug-likeness (QED) is 0.910. The predicted octanol–water partition coefficient (Wildman–Crippen LogP) is 2.92. The van der Waals surface area contributed by atoms with Crippen LogP contribution in [0.2, 0.25) is 0 Å². The smallest absolute Gasteiger partial charge is 0.337 e. The number of carbonyl (C=O) groups is 1. The summed E-state index contributed by atoms with van der Waals surface area (Å²) in [6.07, 6.45) is 1.20. The summed E-state index contributed by atoms with van der Waals surface area (Å²) in [4.78, 5) is 14.6. The Morgan fingerprint density at radius 3 is 2.78 bits per heavy atom. The number of ether oxygens (including phenoxy) is 1. The van der Waals surface area contributed by atoms with E-state index in [1.165, 1.54) is 12.3 Å². The van der Waals surface area contributed by atoms with Crippen LogP contribution in [0.3, 0.4) is 0 Å². The number of halogens is 1. The van der Waals surface area contributed by atoms with E-state index in [9.17, 15) is 4.79 Å². The van der Waals surface area contributed by atoms with E-state index in [2.05, 4.69) is 20.9 Å². The summed E-state index contributed by atoms with van der Waals surface area (Å²) in [7, 11) is 0. The summed E-state index contributed by atoms with van der Waals surface area (Å²) in [5.41, 5.74) is 5.88. The zero-order valence-corrected chi connectivity index (χ0v) is 10.7. The number of hydrogen-bond acceptors (Lipinski definition) is 4. The Morgan fingerprint density at radius 2 is 2.17 bits per heavy atom. The van der Waals surface area contributed by atoms with E-state index >= 15 is 0 Å². The van der Waals surface area contributed by atoms with E-state index in [0.717, 1.165) is 4.47 Å². The fourth-order valence-electron chi connectivity index (χ4n) is 1.31. The minimum Gasteiger partial charge on any atom is -0.478 e. The predicted molar refractivity (Wildman–Crippen MR) is 69.8 cm³/mol. The van der Waals surface area contributed by atoms with E-state index in [0.29, 0.717) is 5.75 Å². The lowest BCUT2D eigenvalue weighted by Crippen LogP contribution is -2.01. The lowest BCUT2D eigenvalue weighted by atomic mass is 10.2. The van der Waals surface area contributed by atoms with Gasteiger partial charge in [0.15, 0.2) is 0 Å². The summed E-state index contributed by atoms with van der Waals surface area (Å²) < 4.78 is 6.33. The molecule has 0 spiro atoms. The molecule has 2 aromatic rings. The number of aromatic nitrogens is 1. The van der Waals surface area contributed by atoms with Crippen LogP contribution in [0.1, 0.15) is 10.4 Å². The second-order valence-electron chi connectivity index (χ2n) is 3.48. The number of anilines is 1. The van der Waals surface area contributed by atoms with Crippen molar-refractivity contribution in [3.8, 4) is 11.6 Å². The van der Waals surface area contributed by atoms with Crippen LogP contribution in [0.4, 0.5) is 5.69 Å². The first kappa shape index (κ1) is 12.4. The van der Waals surface area contributed by atoms with E-state index in [4.69, 9.17) is 15.6 Å². The van der Waals surface area contributed by atoms with Gasteiger partial charge in [0.1, 0.15) is 5.75 Å². The SMILES string of the molecule is Nc1cc(C(=O)O)cnc1Oc1cccc(Br)c1. The number of hydrogen-bond donors (Lipinski definition) is 2. The maximum atomic E-state index is 10.7. The van der Waals surface area contributed by atoms with Crippen molar-refractivity contribution in [1.82, 2.24) is 4.98 Å². The molecule has 0 saturated carbocycles. The third-order valence-corrected chi connectivity index (χ3v) is 2.63. The third-order valence-electron chi connectivity index (χ3n) is 2.14. The first-order valence-corrected chi connectivity index (χ1v) is 5.78. The number of aromatic carboxylic acids is 1. The maximum Gasteiger partial charge on any atom is 0.337 e. The van der Waals surface area contributed by atoms with Crippen molar-refractivity contribution < 1.29 is 14.6 Å². The zero-order valence-electron chi connectivity index (χ0n) is 9.13. The average Bonchev–Trinajstić information content (AvgIpc) is 2.31. The topological polar surface area (TPSA) is 85.4 Å². The van der Waals surface area contributed by atoms with Crippen LogP contribution < -0.4 is 10.5 Å². The highest BCUT2D eigenvalue weighted by molar-refractivity contribution is 9.10. The van der Waals surface area contributed by atoms with Crippen molar-refractivity contribution >= 4 is 27.6 Å². The van der Waals surface area contributed by atoms with Gasteiger partial charge in [-0.3, -0.25) is 0 Å². The number of carboxylic acids is 1. The first-order chi connectivity index (χ1) is 8.56. The fourth-order valence-corrected chi connectivity index (χ4v) is 1.69. The Kier molecular flexibility index (Phi) is 3.47. The number of nitrogen functional groups attached to an aromatic ring is 1. The van der Waals surface area contributed by atoms with Crippen molar-refractivity contribution in [2.45, 2.75) is 0 Å². The van der Waals surface area contributed by atoms with Gasteiger partial charge < -0.3 is 15.6 Å². The molecule has 5 nitrogen and oxygen atoms in total. The van der Waals surface area contributed by atoms with Crippen molar-refractivity contribution in [3.05, 3.63) is 46.6 Å². The summed E-state index contributed by atoms with van der Waals surface area (Å²) in [6.45, 7) is 0. The number of pyridine rings is 1. The molecule has 0 amide bonds. The van der Waals surface area contributed by atoms with Crippen LogP contribution in [0.5, 0.6) is 11.6 Å². The lowest BCUT2D eigenvalue weighted by molar-refractivity contribution is 0.0696. The Bertz CT molecular complexity index is 602. The number of carboxylic acid groups (broad SMARTS) is 1. The molecule has 2 rings (SSSR count). The second kappa shape index (κ2) is 5.05. The summed E-state index contributed by atoms with van der Waals surface area (Å²) >= 11 is 3.32. The van der Waals surface area contributed by atoms with Gasteiger partial charge in [-0.05, 0) is 24.3 Å². The molecular weight excluding hydrogens is 300 g/mol. The highest BCUT2D eigenvalue weighted by Crippen LogP contribution is 2.27. The Morgan fingerprint density at radius 1 is 1.39 bits per heavy atom. The maximum absolute atomic E-state index is 10.7. The van der Waals surface area contributed by atoms with Crippen molar-refractivity contribution in [2.75, 3.05) is 5.73 Å². The van der Waals surface area contributed by atoms with Crippen molar-refractivity contribution in [1.29, 1.82) is 0 Å². The van der Waals surface area contributed by atoms with E-state index in [-0.39, 0.29) is 17.1 Å². The molecule has 92 valence electrons. The van der Waals surface area contributed by atoms with Gasteiger partial charge in [0.25, 0.3) is 0 Å². The second-order valence-corrected chi connectivity index (χ2v) is 4.40. The van der Waals surface area contributed by atoms with E-state index < -0.39 is 5.97 Å². The summed E-state index contributed by atoms with van der Waals surface area (Å²) in [6, 6.07) is 8.48. The van der Waals surface area contributed by atoms with E-state index in [1.54, 1.807) is 18.2 Å². The molecule has 1 aromatic carbocycles. The molecule has 0 atom stereocenters. The molecular formula is C12H9BrN2O3. The Balaban J connectivity index is 2.27. The summed E-state index contributed by atoms with van der Waals surface area (Å²) in [5, 5.41) is 8.78. The minimum absolute atomic E-state index is 0.0223. The molecule has 0 aliphatic rings. The average molecular weight is 309 g/mol. The van der Waals surface area contributed by atoms with Gasteiger partial charge in [0.05, 0.1) is 11.3 Å². The zero-order chi connectivity index (χ0) is 13.1. The number of rotatable bonds is 3. The van der Waals surface area contributed by atoms with Crippen LogP contribution in [0.15, 0.2) is 41.0 Å². The standard InChI is InChI=1S/C12H9BrN2O3/c13-8-2-1-3-9(5-8)18-11-10(14)4-7(6-15-11)12(16)17/h1-6H,14H2,(H,16,17). The van der Waals surface area contributed by atoms with Crippen LogP contribution in [0, 0.1) is 0 Å². The largest absolute Gasteiger partial charge is 0.478 e. The van der Waals surface area contributed by atoms with Gasteiger partial charge in [0, 0.05) is 10.7 Å². The number of nitrogens with zero attached hydrogens (tertiary/aromatic N) is 1. The molecule has 0 aliphatic heterocycles. The molecule has 18 heavy (non-hydrogen) atoms. The highest BCUT2D eigenvalue weighted by Gasteiger charge is 2.09. The molecule has 0 bridgehead atoms. The highest BCUT2D eigenvalue weighted by atomic mass is 79.9. The Labute approximate surface area is 111 Å². The van der Waals surface area contributed by atoms with Crippen molar-refractivity contribution in [2.24, 2.45) is 0 Å². The van der Waals surface area contributed by atoms with Gasteiger partial charge >= 0.3 is 5.97 Å². The van der Waals surface area contributed by atoms with Gasteiger partial charge in [-0.15, -0.1) is 0 Å². The van der Waals surface area contributed by atoms with Gasteiger partial charge in [-0.25, -0.2) is 9.78 Å². The first-order valence-electron chi connectivity index (χ1n) is 4.98. The monoisotopic (exact) mass is 308 g/mol. The normalized spacial score (nSPS) is 10.1. The number of benzene rings is 1. The van der Waals surface area contributed by atoms with Gasteiger partial charge in [-0.2, -0.15) is 0 Å². The van der Waals surface area contributed by atoms with Crippen LogP contribution in [0.25, 0.3) is 0 Å². The Hall–Kier alpha value is -2.08. The van der Waals surface area contributed by atoms with Crippen LogP contribution in [-0.4, -0.2) is 16.1 Å². The molecule has 1 heterocycles. The summed E-state index contributed by atoms with van der Waals surface area (Å²) in [5.74, 6) is -0.340. The van der Waals surface area contributed by atoms with E-state index in [1.807, 2.05) is 6.07 Å². The molecule has 0 saturated heterocycles. The molecule has 0 fully saturated rings. The minimum atomic E-state index is -1.08. The third kappa shape index (κ3) is 2.78. The van der Waals surface area contributed by atoms with Gasteiger partial charge in [0.2, 0.25) is 5.88 Å². The van der Waals surface area contributed by atoms with Crippen LogP contribution >= 0.6 is 15.9 Å². The molecule has 1 aromatic heterocycles. The number of nitrogens with two attached hydrogens (primary N) is 1. The van der Waals surface area contributed by atoms with Crippen LogP contribution in [-0.2, 0) is 0 Å².